The van der Waals surface area contributed by atoms with Crippen molar-refractivity contribution in [1.29, 1.82) is 0 Å². The highest BCUT2D eigenvalue weighted by Crippen LogP contribution is 2.28. The van der Waals surface area contributed by atoms with Crippen molar-refractivity contribution in [2.24, 2.45) is 5.92 Å². The zero-order valence-corrected chi connectivity index (χ0v) is 13.2. The lowest BCUT2D eigenvalue weighted by atomic mass is 9.84. The molecule has 0 amide bonds. The summed E-state index contributed by atoms with van der Waals surface area (Å²) in [4.78, 5) is 0.452. The predicted molar refractivity (Wildman–Crippen MR) is 82.7 cm³/mol. The minimum absolute atomic E-state index is 0.0702. The van der Waals surface area contributed by atoms with Crippen LogP contribution in [-0.2, 0) is 9.84 Å². The summed E-state index contributed by atoms with van der Waals surface area (Å²) in [5.74, 6) is 0.700. The Morgan fingerprint density at radius 3 is 2.55 bits per heavy atom. The van der Waals surface area contributed by atoms with Gasteiger partial charge in [-0.2, -0.15) is 0 Å². The molecule has 0 radical (unpaired) electrons. The summed E-state index contributed by atoms with van der Waals surface area (Å²) in [6, 6.07) is 7.28. The summed E-state index contributed by atoms with van der Waals surface area (Å²) >= 11 is 0. The first-order valence-electron chi connectivity index (χ1n) is 7.49. The van der Waals surface area contributed by atoms with Gasteiger partial charge in [-0.05, 0) is 50.4 Å². The van der Waals surface area contributed by atoms with Crippen molar-refractivity contribution in [1.82, 2.24) is 5.32 Å². The number of rotatable bonds is 5. The van der Waals surface area contributed by atoms with E-state index in [9.17, 15) is 8.42 Å². The van der Waals surface area contributed by atoms with E-state index in [1.54, 1.807) is 12.1 Å². The van der Waals surface area contributed by atoms with E-state index in [2.05, 4.69) is 5.32 Å². The van der Waals surface area contributed by atoms with Crippen LogP contribution >= 0.6 is 0 Å². The normalized spacial score (nSPS) is 18.9. The molecule has 112 valence electrons. The molecule has 1 atom stereocenters. The largest absolute Gasteiger partial charge is 0.316 e. The van der Waals surface area contributed by atoms with E-state index in [-0.39, 0.29) is 11.8 Å². The van der Waals surface area contributed by atoms with Gasteiger partial charge in [-0.15, -0.1) is 0 Å². The van der Waals surface area contributed by atoms with Gasteiger partial charge in [-0.3, -0.25) is 0 Å². The standard InChI is InChI=1S/C16H25NO2S/c1-13-7-6-10-15(11-13)20(18,19)12-16(17-2)14-8-4-3-5-9-14/h6-7,10-11,14,16-17H,3-5,8-9,12H2,1-2H3. The number of benzene rings is 1. The van der Waals surface area contributed by atoms with Crippen molar-refractivity contribution in [2.45, 2.75) is 50.0 Å². The van der Waals surface area contributed by atoms with E-state index in [1.807, 2.05) is 26.1 Å². The Morgan fingerprint density at radius 1 is 1.25 bits per heavy atom. The molecule has 1 N–H and O–H groups in total. The summed E-state index contributed by atoms with van der Waals surface area (Å²) < 4.78 is 25.1. The van der Waals surface area contributed by atoms with E-state index in [0.717, 1.165) is 18.4 Å². The zero-order valence-electron chi connectivity index (χ0n) is 12.4. The molecule has 0 saturated heterocycles. The van der Waals surface area contributed by atoms with Gasteiger partial charge in [0, 0.05) is 6.04 Å². The second-order valence-electron chi connectivity index (χ2n) is 5.89. The van der Waals surface area contributed by atoms with E-state index in [1.165, 1.54) is 19.3 Å². The second kappa shape index (κ2) is 6.72. The van der Waals surface area contributed by atoms with Crippen molar-refractivity contribution in [3.8, 4) is 0 Å². The minimum atomic E-state index is -3.21. The van der Waals surface area contributed by atoms with Crippen LogP contribution < -0.4 is 5.32 Å². The maximum absolute atomic E-state index is 12.6. The molecular formula is C16H25NO2S. The van der Waals surface area contributed by atoms with Crippen LogP contribution in [0.2, 0.25) is 0 Å². The lowest BCUT2D eigenvalue weighted by Gasteiger charge is -2.29. The molecule has 4 heteroatoms. The Morgan fingerprint density at radius 2 is 1.95 bits per heavy atom. The summed E-state index contributed by atoms with van der Waals surface area (Å²) in [5, 5.41) is 3.23. The Labute approximate surface area is 122 Å². The van der Waals surface area contributed by atoms with Crippen LogP contribution in [0.1, 0.15) is 37.7 Å². The molecule has 1 aliphatic rings. The van der Waals surface area contributed by atoms with Gasteiger partial charge < -0.3 is 5.32 Å². The molecular weight excluding hydrogens is 270 g/mol. The molecule has 0 aromatic heterocycles. The van der Waals surface area contributed by atoms with Gasteiger partial charge in [-0.1, -0.05) is 31.4 Å². The average Bonchev–Trinajstić information content (AvgIpc) is 2.46. The Kier molecular flexibility index (Phi) is 5.22. The van der Waals surface area contributed by atoms with Crippen LogP contribution in [0.15, 0.2) is 29.2 Å². The Hall–Kier alpha value is -0.870. The fraction of sp³-hybridized carbons (Fsp3) is 0.625. The van der Waals surface area contributed by atoms with Gasteiger partial charge in [0.25, 0.3) is 0 Å². The highest BCUT2D eigenvalue weighted by atomic mass is 32.2. The Bertz CT molecular complexity index is 533. The molecule has 1 saturated carbocycles. The van der Waals surface area contributed by atoms with Gasteiger partial charge in [0.2, 0.25) is 0 Å². The first-order valence-corrected chi connectivity index (χ1v) is 9.15. The number of hydrogen-bond donors (Lipinski definition) is 1. The number of sulfone groups is 1. The smallest absolute Gasteiger partial charge is 0.179 e. The average molecular weight is 295 g/mol. The summed E-state index contributed by atoms with van der Waals surface area (Å²) in [6.45, 7) is 1.93. The third kappa shape index (κ3) is 3.83. The van der Waals surface area contributed by atoms with Crippen LogP contribution in [0.4, 0.5) is 0 Å². The molecule has 0 spiro atoms. The SMILES string of the molecule is CNC(CS(=O)(=O)c1cccc(C)c1)C1CCCCC1. The molecule has 0 bridgehead atoms. The number of hydrogen-bond acceptors (Lipinski definition) is 3. The molecule has 1 fully saturated rings. The Balaban J connectivity index is 2.13. The molecule has 2 rings (SSSR count). The summed E-state index contributed by atoms with van der Waals surface area (Å²) in [6.07, 6.45) is 6.04. The topological polar surface area (TPSA) is 46.2 Å². The lowest BCUT2D eigenvalue weighted by Crippen LogP contribution is -2.40. The van der Waals surface area contributed by atoms with Crippen LogP contribution in [0, 0.1) is 12.8 Å². The zero-order chi connectivity index (χ0) is 14.6. The lowest BCUT2D eigenvalue weighted by molar-refractivity contribution is 0.292. The third-order valence-corrected chi connectivity index (χ3v) is 6.11. The van der Waals surface area contributed by atoms with Gasteiger partial charge in [0.05, 0.1) is 10.6 Å². The molecule has 1 aliphatic carbocycles. The fourth-order valence-corrected chi connectivity index (χ4v) is 4.89. The fourth-order valence-electron chi connectivity index (χ4n) is 3.13. The maximum Gasteiger partial charge on any atom is 0.179 e. The van der Waals surface area contributed by atoms with Crippen molar-refractivity contribution < 1.29 is 8.42 Å². The van der Waals surface area contributed by atoms with E-state index in [4.69, 9.17) is 0 Å². The van der Waals surface area contributed by atoms with Gasteiger partial charge in [-0.25, -0.2) is 8.42 Å². The van der Waals surface area contributed by atoms with E-state index < -0.39 is 9.84 Å². The summed E-state index contributed by atoms with van der Waals surface area (Å²) in [7, 11) is -1.33. The third-order valence-electron chi connectivity index (χ3n) is 4.34. The highest BCUT2D eigenvalue weighted by Gasteiger charge is 2.28. The van der Waals surface area contributed by atoms with E-state index >= 15 is 0 Å². The van der Waals surface area contributed by atoms with Crippen molar-refractivity contribution >= 4 is 9.84 Å². The molecule has 1 aromatic rings. The van der Waals surface area contributed by atoms with Crippen LogP contribution in [0.5, 0.6) is 0 Å². The van der Waals surface area contributed by atoms with Gasteiger partial charge in [0.1, 0.15) is 0 Å². The van der Waals surface area contributed by atoms with Crippen LogP contribution in [0.25, 0.3) is 0 Å². The number of aryl methyl sites for hydroxylation is 1. The van der Waals surface area contributed by atoms with Gasteiger partial charge >= 0.3 is 0 Å². The van der Waals surface area contributed by atoms with Crippen molar-refractivity contribution in [2.75, 3.05) is 12.8 Å². The molecule has 0 heterocycles. The molecule has 0 aliphatic heterocycles. The van der Waals surface area contributed by atoms with Crippen molar-refractivity contribution in [3.05, 3.63) is 29.8 Å². The summed E-state index contributed by atoms with van der Waals surface area (Å²) in [5.41, 5.74) is 0.991. The molecule has 20 heavy (non-hydrogen) atoms. The first-order chi connectivity index (χ1) is 9.53. The van der Waals surface area contributed by atoms with Crippen LogP contribution in [-0.4, -0.2) is 27.3 Å². The monoisotopic (exact) mass is 295 g/mol. The van der Waals surface area contributed by atoms with Crippen molar-refractivity contribution in [3.63, 3.8) is 0 Å². The quantitative estimate of drug-likeness (QED) is 0.908. The molecule has 3 nitrogen and oxygen atoms in total. The van der Waals surface area contributed by atoms with Crippen LogP contribution in [0.3, 0.4) is 0 Å². The molecule has 1 aromatic carbocycles. The number of nitrogens with one attached hydrogen (secondary N) is 1. The second-order valence-corrected chi connectivity index (χ2v) is 7.93. The van der Waals surface area contributed by atoms with E-state index in [0.29, 0.717) is 10.8 Å². The maximum atomic E-state index is 12.6. The molecule has 1 unspecified atom stereocenters. The predicted octanol–water partition coefficient (Wildman–Crippen LogP) is 2.94. The highest BCUT2D eigenvalue weighted by molar-refractivity contribution is 7.91. The minimum Gasteiger partial charge on any atom is -0.316 e. The first kappa shape index (κ1) is 15.5. The van der Waals surface area contributed by atoms with Gasteiger partial charge in [0.15, 0.2) is 9.84 Å².